The van der Waals surface area contributed by atoms with E-state index >= 15 is 0 Å². The Hall–Kier alpha value is -1.52. The fraction of sp³-hybridized carbons (Fsp3) is 0.154. The first-order chi connectivity index (χ1) is 8.56. The highest BCUT2D eigenvalue weighted by molar-refractivity contribution is 7.80. The molecule has 0 spiro atoms. The summed E-state index contributed by atoms with van der Waals surface area (Å²) < 4.78 is 5.46. The van der Waals surface area contributed by atoms with Crippen molar-refractivity contribution >= 4 is 34.5 Å². The van der Waals surface area contributed by atoms with Crippen LogP contribution in [0.4, 0.5) is 5.69 Å². The molecule has 1 aromatic carbocycles. The van der Waals surface area contributed by atoms with Gasteiger partial charge in [0.2, 0.25) is 0 Å². The van der Waals surface area contributed by atoms with Crippen molar-refractivity contribution in [3.05, 3.63) is 52.4 Å². The fourth-order valence-electron chi connectivity index (χ4n) is 1.57. The van der Waals surface area contributed by atoms with Gasteiger partial charge in [-0.05, 0) is 37.3 Å². The highest BCUT2D eigenvalue weighted by Gasteiger charge is 2.04. The first-order valence-electron chi connectivity index (χ1n) is 5.45. The standard InChI is InChI=1S/C13H13ClN2OS/c1-8-2-4-10(17-8)7-16-12-5-3-9(13(15)18)6-11(12)14/h2-6,16H,7H2,1H3,(H2,15,18). The molecule has 3 nitrogen and oxygen atoms in total. The van der Waals surface area contributed by atoms with Gasteiger partial charge in [-0.2, -0.15) is 0 Å². The highest BCUT2D eigenvalue weighted by atomic mass is 35.5. The van der Waals surface area contributed by atoms with Crippen molar-refractivity contribution in [1.29, 1.82) is 0 Å². The van der Waals surface area contributed by atoms with E-state index in [-0.39, 0.29) is 0 Å². The van der Waals surface area contributed by atoms with Crippen LogP contribution in [0.25, 0.3) is 0 Å². The Morgan fingerprint density at radius 2 is 2.17 bits per heavy atom. The molecule has 2 aromatic rings. The van der Waals surface area contributed by atoms with Gasteiger partial charge in [-0.15, -0.1) is 0 Å². The van der Waals surface area contributed by atoms with E-state index in [1.807, 2.05) is 31.2 Å². The molecule has 0 bridgehead atoms. The number of rotatable bonds is 4. The number of furan rings is 1. The summed E-state index contributed by atoms with van der Waals surface area (Å²) in [7, 11) is 0. The molecule has 1 heterocycles. The quantitative estimate of drug-likeness (QED) is 0.842. The summed E-state index contributed by atoms with van der Waals surface area (Å²) in [6.45, 7) is 2.49. The molecule has 1 aromatic heterocycles. The lowest BCUT2D eigenvalue weighted by Crippen LogP contribution is -2.09. The molecule has 0 radical (unpaired) electrons. The van der Waals surface area contributed by atoms with Crippen LogP contribution < -0.4 is 11.1 Å². The number of nitrogens with two attached hydrogens (primary N) is 1. The lowest BCUT2D eigenvalue weighted by molar-refractivity contribution is 0.490. The third kappa shape index (κ3) is 3.03. The van der Waals surface area contributed by atoms with Gasteiger partial charge in [-0.3, -0.25) is 0 Å². The van der Waals surface area contributed by atoms with E-state index in [0.717, 1.165) is 22.8 Å². The molecular formula is C13H13ClN2OS. The lowest BCUT2D eigenvalue weighted by atomic mass is 10.2. The molecule has 0 aliphatic carbocycles. The third-order valence-electron chi connectivity index (χ3n) is 2.50. The van der Waals surface area contributed by atoms with Gasteiger partial charge in [-0.1, -0.05) is 23.8 Å². The van der Waals surface area contributed by atoms with Crippen molar-refractivity contribution in [2.45, 2.75) is 13.5 Å². The molecule has 18 heavy (non-hydrogen) atoms. The molecular weight excluding hydrogens is 268 g/mol. The molecule has 0 aliphatic rings. The lowest BCUT2D eigenvalue weighted by Gasteiger charge is -2.08. The van der Waals surface area contributed by atoms with Crippen molar-refractivity contribution in [1.82, 2.24) is 0 Å². The Morgan fingerprint density at radius 3 is 2.72 bits per heavy atom. The third-order valence-corrected chi connectivity index (χ3v) is 3.05. The van der Waals surface area contributed by atoms with Gasteiger partial charge in [0.1, 0.15) is 16.5 Å². The van der Waals surface area contributed by atoms with E-state index in [0.29, 0.717) is 16.6 Å². The number of thiocarbonyl (C=S) groups is 1. The van der Waals surface area contributed by atoms with Crippen LogP contribution in [0.5, 0.6) is 0 Å². The summed E-state index contributed by atoms with van der Waals surface area (Å²) in [5, 5.41) is 3.79. The van der Waals surface area contributed by atoms with E-state index in [9.17, 15) is 0 Å². The van der Waals surface area contributed by atoms with Crippen LogP contribution in [0.1, 0.15) is 17.1 Å². The Labute approximate surface area is 116 Å². The number of hydrogen-bond donors (Lipinski definition) is 2. The van der Waals surface area contributed by atoms with Gasteiger partial charge in [0, 0.05) is 5.56 Å². The first-order valence-corrected chi connectivity index (χ1v) is 6.23. The Bertz CT molecular complexity index is 580. The van der Waals surface area contributed by atoms with Crippen molar-refractivity contribution in [2.75, 3.05) is 5.32 Å². The van der Waals surface area contributed by atoms with E-state index in [4.69, 9.17) is 34.0 Å². The second-order valence-corrected chi connectivity index (χ2v) is 4.77. The van der Waals surface area contributed by atoms with E-state index in [1.54, 1.807) is 6.07 Å². The van der Waals surface area contributed by atoms with E-state index in [1.165, 1.54) is 0 Å². The Kier molecular flexibility index (Phi) is 3.89. The number of benzene rings is 1. The second kappa shape index (κ2) is 5.42. The normalized spacial score (nSPS) is 10.3. The molecule has 0 saturated heterocycles. The minimum absolute atomic E-state index is 0.338. The topological polar surface area (TPSA) is 51.2 Å². The molecule has 0 atom stereocenters. The zero-order valence-corrected chi connectivity index (χ0v) is 11.4. The van der Waals surface area contributed by atoms with E-state index < -0.39 is 0 Å². The molecule has 2 rings (SSSR count). The zero-order valence-electron chi connectivity index (χ0n) is 9.87. The van der Waals surface area contributed by atoms with Gasteiger partial charge >= 0.3 is 0 Å². The van der Waals surface area contributed by atoms with Crippen molar-refractivity contribution < 1.29 is 4.42 Å². The minimum Gasteiger partial charge on any atom is -0.465 e. The summed E-state index contributed by atoms with van der Waals surface area (Å²) in [4.78, 5) is 0.338. The molecule has 5 heteroatoms. The van der Waals surface area contributed by atoms with Crippen LogP contribution in [-0.2, 0) is 6.54 Å². The van der Waals surface area contributed by atoms with Crippen LogP contribution in [0, 0.1) is 6.92 Å². The smallest absolute Gasteiger partial charge is 0.123 e. The summed E-state index contributed by atoms with van der Waals surface area (Å²) in [6.07, 6.45) is 0. The minimum atomic E-state index is 0.338. The number of nitrogens with one attached hydrogen (secondary N) is 1. The summed E-state index contributed by atoms with van der Waals surface area (Å²) in [5.74, 6) is 1.75. The van der Waals surface area contributed by atoms with Gasteiger partial charge in [0.15, 0.2) is 0 Å². The van der Waals surface area contributed by atoms with Crippen LogP contribution in [0.15, 0.2) is 34.7 Å². The van der Waals surface area contributed by atoms with Crippen molar-refractivity contribution in [2.24, 2.45) is 5.73 Å². The zero-order chi connectivity index (χ0) is 13.1. The molecule has 0 unspecified atom stereocenters. The van der Waals surface area contributed by atoms with Gasteiger partial charge in [0.25, 0.3) is 0 Å². The maximum atomic E-state index is 6.14. The number of hydrogen-bond acceptors (Lipinski definition) is 3. The number of halogens is 1. The maximum absolute atomic E-state index is 6.14. The average molecular weight is 281 g/mol. The number of anilines is 1. The summed E-state index contributed by atoms with van der Waals surface area (Å²) in [5.41, 5.74) is 7.12. The molecule has 0 saturated carbocycles. The van der Waals surface area contributed by atoms with Crippen LogP contribution in [0.2, 0.25) is 5.02 Å². The maximum Gasteiger partial charge on any atom is 0.123 e. The van der Waals surface area contributed by atoms with Gasteiger partial charge < -0.3 is 15.5 Å². The fourth-order valence-corrected chi connectivity index (χ4v) is 1.95. The second-order valence-electron chi connectivity index (χ2n) is 3.92. The molecule has 0 fully saturated rings. The molecule has 0 amide bonds. The number of aryl methyl sites for hydroxylation is 1. The van der Waals surface area contributed by atoms with Crippen molar-refractivity contribution in [3.63, 3.8) is 0 Å². The van der Waals surface area contributed by atoms with Crippen molar-refractivity contribution in [3.8, 4) is 0 Å². The van der Waals surface area contributed by atoms with Gasteiger partial charge in [-0.25, -0.2) is 0 Å². The molecule has 94 valence electrons. The SMILES string of the molecule is Cc1ccc(CNc2ccc(C(N)=S)cc2Cl)o1. The summed E-state index contributed by atoms with van der Waals surface area (Å²) >= 11 is 11.0. The highest BCUT2D eigenvalue weighted by Crippen LogP contribution is 2.23. The predicted molar refractivity (Wildman–Crippen MR) is 78.1 cm³/mol. The average Bonchev–Trinajstić information content (AvgIpc) is 2.73. The first kappa shape index (κ1) is 12.9. The largest absolute Gasteiger partial charge is 0.465 e. The molecule has 0 aliphatic heterocycles. The monoisotopic (exact) mass is 280 g/mol. The van der Waals surface area contributed by atoms with E-state index in [2.05, 4.69) is 5.32 Å². The van der Waals surface area contributed by atoms with Gasteiger partial charge in [0.05, 0.1) is 17.3 Å². The Balaban J connectivity index is 2.08. The Morgan fingerprint density at radius 1 is 1.39 bits per heavy atom. The summed E-state index contributed by atoms with van der Waals surface area (Å²) in [6, 6.07) is 9.30. The predicted octanol–water partition coefficient (Wildman–Crippen LogP) is 3.49. The van der Waals surface area contributed by atoms with Crippen LogP contribution >= 0.6 is 23.8 Å². The van der Waals surface area contributed by atoms with Crippen LogP contribution in [0.3, 0.4) is 0 Å². The molecule has 3 N–H and O–H groups in total. The van der Waals surface area contributed by atoms with Crippen LogP contribution in [-0.4, -0.2) is 4.99 Å².